The Morgan fingerprint density at radius 3 is 2.27 bits per heavy atom. The number of likely N-dealkylation sites (N-methyl/N-ethyl adjacent to an activating group) is 1. The largest absolute Gasteiger partial charge is 0.368 e. The van der Waals surface area contributed by atoms with E-state index in [1.807, 2.05) is 44.2 Å². The van der Waals surface area contributed by atoms with E-state index in [0.717, 1.165) is 5.56 Å². The third kappa shape index (κ3) is 2.36. The van der Waals surface area contributed by atoms with E-state index >= 15 is 0 Å². The Bertz CT molecular complexity index is 333. The lowest BCUT2D eigenvalue weighted by atomic mass is 9.77. The zero-order chi connectivity index (χ0) is 11.5. The fourth-order valence-corrected chi connectivity index (χ4v) is 1.89. The van der Waals surface area contributed by atoms with Crippen LogP contribution in [0.15, 0.2) is 30.3 Å². The molecule has 0 heterocycles. The lowest BCUT2D eigenvalue weighted by Gasteiger charge is -2.32. The van der Waals surface area contributed by atoms with Crippen molar-refractivity contribution in [2.45, 2.75) is 25.3 Å². The molecular weight excluding hydrogens is 188 g/mol. The first-order chi connectivity index (χ1) is 7.00. The summed E-state index contributed by atoms with van der Waals surface area (Å²) in [6.07, 6.45) is 0. The van der Waals surface area contributed by atoms with Gasteiger partial charge in [0.1, 0.15) is 0 Å². The first-order valence-electron chi connectivity index (χ1n) is 5.02. The van der Waals surface area contributed by atoms with Crippen LogP contribution in [0.5, 0.6) is 0 Å². The SMILES string of the molecule is CNC(C(N)=O)C(C)(C)c1ccccc1. The summed E-state index contributed by atoms with van der Waals surface area (Å²) in [6.45, 7) is 4.02. The van der Waals surface area contributed by atoms with Crippen LogP contribution >= 0.6 is 0 Å². The van der Waals surface area contributed by atoms with Gasteiger partial charge in [-0.25, -0.2) is 0 Å². The van der Waals surface area contributed by atoms with Crippen LogP contribution in [-0.4, -0.2) is 19.0 Å². The van der Waals surface area contributed by atoms with Crippen LogP contribution in [0.3, 0.4) is 0 Å². The molecule has 3 N–H and O–H groups in total. The molecule has 0 aliphatic heterocycles. The molecule has 1 rings (SSSR count). The third-order valence-electron chi connectivity index (χ3n) is 2.81. The zero-order valence-electron chi connectivity index (χ0n) is 9.45. The summed E-state index contributed by atoms with van der Waals surface area (Å²) < 4.78 is 0. The highest BCUT2D eigenvalue weighted by Gasteiger charge is 2.33. The summed E-state index contributed by atoms with van der Waals surface area (Å²) >= 11 is 0. The number of rotatable bonds is 4. The summed E-state index contributed by atoms with van der Waals surface area (Å²) in [4.78, 5) is 11.3. The summed E-state index contributed by atoms with van der Waals surface area (Å²) in [7, 11) is 1.75. The van der Waals surface area contributed by atoms with Gasteiger partial charge in [-0.2, -0.15) is 0 Å². The van der Waals surface area contributed by atoms with E-state index in [1.165, 1.54) is 0 Å². The second-order valence-corrected chi connectivity index (χ2v) is 4.21. The molecule has 1 amide bonds. The standard InChI is InChI=1S/C12H18N2O/c1-12(2,10(14-3)11(13)15)9-7-5-4-6-8-9/h4-8,10,14H,1-3H3,(H2,13,15). The highest BCUT2D eigenvalue weighted by atomic mass is 16.1. The number of carbonyl (C=O) groups excluding carboxylic acids is 1. The molecule has 1 aromatic rings. The minimum atomic E-state index is -0.361. The Hall–Kier alpha value is -1.35. The van der Waals surface area contributed by atoms with E-state index < -0.39 is 0 Å². The predicted octanol–water partition coefficient (Wildman–Crippen LogP) is 1.04. The van der Waals surface area contributed by atoms with Crippen molar-refractivity contribution in [3.8, 4) is 0 Å². The van der Waals surface area contributed by atoms with E-state index in [9.17, 15) is 4.79 Å². The quantitative estimate of drug-likeness (QED) is 0.773. The van der Waals surface area contributed by atoms with Crippen molar-refractivity contribution in [1.29, 1.82) is 0 Å². The first-order valence-corrected chi connectivity index (χ1v) is 5.02. The molecule has 1 aromatic carbocycles. The molecule has 3 nitrogen and oxygen atoms in total. The number of primary amides is 1. The lowest BCUT2D eigenvalue weighted by molar-refractivity contribution is -0.121. The minimum Gasteiger partial charge on any atom is -0.368 e. The van der Waals surface area contributed by atoms with Gasteiger partial charge < -0.3 is 11.1 Å². The smallest absolute Gasteiger partial charge is 0.235 e. The number of nitrogens with two attached hydrogens (primary N) is 1. The molecule has 0 bridgehead atoms. The Labute approximate surface area is 90.7 Å². The molecule has 0 aliphatic carbocycles. The number of nitrogens with one attached hydrogen (secondary N) is 1. The highest BCUT2D eigenvalue weighted by Crippen LogP contribution is 2.26. The Morgan fingerprint density at radius 2 is 1.87 bits per heavy atom. The van der Waals surface area contributed by atoms with Crippen molar-refractivity contribution in [1.82, 2.24) is 5.32 Å². The van der Waals surface area contributed by atoms with Crippen LogP contribution in [0.2, 0.25) is 0 Å². The van der Waals surface area contributed by atoms with E-state index in [4.69, 9.17) is 5.73 Å². The van der Waals surface area contributed by atoms with Crippen molar-refractivity contribution in [3.63, 3.8) is 0 Å². The Balaban J connectivity index is 3.05. The van der Waals surface area contributed by atoms with E-state index in [1.54, 1.807) is 7.05 Å². The Kier molecular flexibility index (Phi) is 3.48. The number of benzene rings is 1. The van der Waals surface area contributed by atoms with Crippen LogP contribution in [-0.2, 0) is 10.2 Å². The molecule has 0 saturated carbocycles. The minimum absolute atomic E-state index is 0.304. The van der Waals surface area contributed by atoms with Crippen LogP contribution in [0.25, 0.3) is 0 Å². The predicted molar refractivity (Wildman–Crippen MR) is 61.5 cm³/mol. The zero-order valence-corrected chi connectivity index (χ0v) is 9.45. The van der Waals surface area contributed by atoms with Gasteiger partial charge in [-0.1, -0.05) is 44.2 Å². The molecule has 0 saturated heterocycles. The van der Waals surface area contributed by atoms with Crippen molar-refractivity contribution in [3.05, 3.63) is 35.9 Å². The summed E-state index contributed by atoms with van der Waals surface area (Å²) in [5, 5.41) is 2.97. The summed E-state index contributed by atoms with van der Waals surface area (Å²) in [6, 6.07) is 9.54. The van der Waals surface area contributed by atoms with E-state index in [-0.39, 0.29) is 17.4 Å². The van der Waals surface area contributed by atoms with Gasteiger partial charge in [-0.3, -0.25) is 4.79 Å². The van der Waals surface area contributed by atoms with Crippen molar-refractivity contribution >= 4 is 5.91 Å². The molecule has 0 aliphatic rings. The van der Waals surface area contributed by atoms with Crippen LogP contribution in [0.1, 0.15) is 19.4 Å². The molecular formula is C12H18N2O. The summed E-state index contributed by atoms with van der Waals surface area (Å²) in [5.74, 6) is -0.327. The maximum atomic E-state index is 11.3. The molecule has 0 spiro atoms. The number of amides is 1. The average Bonchev–Trinajstić information content (AvgIpc) is 2.19. The maximum absolute atomic E-state index is 11.3. The second-order valence-electron chi connectivity index (χ2n) is 4.21. The maximum Gasteiger partial charge on any atom is 0.235 e. The van der Waals surface area contributed by atoms with Crippen molar-refractivity contribution in [2.75, 3.05) is 7.05 Å². The van der Waals surface area contributed by atoms with Gasteiger partial charge in [0.25, 0.3) is 0 Å². The third-order valence-corrected chi connectivity index (χ3v) is 2.81. The highest BCUT2D eigenvalue weighted by molar-refractivity contribution is 5.81. The number of carbonyl (C=O) groups is 1. The lowest BCUT2D eigenvalue weighted by Crippen LogP contribution is -2.51. The summed E-state index contributed by atoms with van der Waals surface area (Å²) in [5.41, 5.74) is 6.17. The molecule has 1 unspecified atom stereocenters. The molecule has 3 heteroatoms. The van der Waals surface area contributed by atoms with Gasteiger partial charge in [0.2, 0.25) is 5.91 Å². The van der Waals surface area contributed by atoms with Gasteiger partial charge in [-0.05, 0) is 12.6 Å². The normalized spacial score (nSPS) is 13.5. The van der Waals surface area contributed by atoms with Gasteiger partial charge in [0.05, 0.1) is 6.04 Å². The van der Waals surface area contributed by atoms with Crippen molar-refractivity contribution < 1.29 is 4.79 Å². The van der Waals surface area contributed by atoms with Crippen LogP contribution < -0.4 is 11.1 Å². The van der Waals surface area contributed by atoms with Crippen LogP contribution in [0.4, 0.5) is 0 Å². The van der Waals surface area contributed by atoms with Gasteiger partial charge in [0.15, 0.2) is 0 Å². The molecule has 0 fully saturated rings. The number of hydrogen-bond acceptors (Lipinski definition) is 2. The topological polar surface area (TPSA) is 55.1 Å². The van der Waals surface area contributed by atoms with Gasteiger partial charge in [0, 0.05) is 5.41 Å². The van der Waals surface area contributed by atoms with Gasteiger partial charge >= 0.3 is 0 Å². The fourth-order valence-electron chi connectivity index (χ4n) is 1.89. The molecule has 15 heavy (non-hydrogen) atoms. The Morgan fingerprint density at radius 1 is 1.33 bits per heavy atom. The first kappa shape index (κ1) is 11.7. The molecule has 0 aromatic heterocycles. The van der Waals surface area contributed by atoms with E-state index in [0.29, 0.717) is 0 Å². The average molecular weight is 206 g/mol. The number of hydrogen-bond donors (Lipinski definition) is 2. The van der Waals surface area contributed by atoms with E-state index in [2.05, 4.69) is 5.32 Å². The molecule has 0 radical (unpaired) electrons. The van der Waals surface area contributed by atoms with Gasteiger partial charge in [-0.15, -0.1) is 0 Å². The fraction of sp³-hybridized carbons (Fsp3) is 0.417. The second kappa shape index (κ2) is 4.45. The monoisotopic (exact) mass is 206 g/mol. The molecule has 1 atom stereocenters. The molecule has 82 valence electrons. The van der Waals surface area contributed by atoms with Crippen LogP contribution in [0, 0.1) is 0 Å². The van der Waals surface area contributed by atoms with Crippen molar-refractivity contribution in [2.24, 2.45) is 5.73 Å².